The molecule has 4 heteroatoms. The SMILES string of the molecule is Cc1cc(C)cc(CC(=O)N2C[C@@H]3CCCN3C(=O)[C@H]2C)c1. The van der Waals surface area contributed by atoms with E-state index in [1.54, 1.807) is 4.90 Å². The van der Waals surface area contributed by atoms with E-state index in [9.17, 15) is 9.59 Å². The Labute approximate surface area is 132 Å². The van der Waals surface area contributed by atoms with Crippen molar-refractivity contribution < 1.29 is 9.59 Å². The summed E-state index contributed by atoms with van der Waals surface area (Å²) in [5, 5.41) is 0. The fraction of sp³-hybridized carbons (Fsp3) is 0.556. The van der Waals surface area contributed by atoms with Crippen LogP contribution in [0.4, 0.5) is 0 Å². The maximum atomic E-state index is 12.7. The number of aryl methyl sites for hydroxylation is 2. The predicted octanol–water partition coefficient (Wildman–Crippen LogP) is 2.07. The molecule has 3 rings (SSSR count). The van der Waals surface area contributed by atoms with Crippen molar-refractivity contribution in [2.75, 3.05) is 13.1 Å². The zero-order valence-corrected chi connectivity index (χ0v) is 13.6. The number of benzene rings is 1. The van der Waals surface area contributed by atoms with Crippen molar-refractivity contribution >= 4 is 11.8 Å². The predicted molar refractivity (Wildman–Crippen MR) is 85.5 cm³/mol. The van der Waals surface area contributed by atoms with Crippen molar-refractivity contribution in [3.8, 4) is 0 Å². The van der Waals surface area contributed by atoms with Gasteiger partial charge in [-0.15, -0.1) is 0 Å². The number of carbonyl (C=O) groups excluding carboxylic acids is 2. The third-order valence-electron chi connectivity index (χ3n) is 4.85. The number of fused-ring (bicyclic) bond motifs is 1. The zero-order chi connectivity index (χ0) is 15.9. The summed E-state index contributed by atoms with van der Waals surface area (Å²) in [6.45, 7) is 7.49. The van der Waals surface area contributed by atoms with Gasteiger partial charge in [-0.05, 0) is 39.2 Å². The van der Waals surface area contributed by atoms with E-state index < -0.39 is 0 Å². The fourth-order valence-corrected chi connectivity index (χ4v) is 3.84. The van der Waals surface area contributed by atoms with E-state index in [1.807, 2.05) is 25.7 Å². The minimum atomic E-state index is -0.326. The normalized spacial score (nSPS) is 24.6. The molecule has 2 saturated heterocycles. The topological polar surface area (TPSA) is 40.6 Å². The molecule has 1 aromatic rings. The first-order valence-corrected chi connectivity index (χ1v) is 8.13. The van der Waals surface area contributed by atoms with Gasteiger partial charge in [0.1, 0.15) is 6.04 Å². The van der Waals surface area contributed by atoms with Gasteiger partial charge >= 0.3 is 0 Å². The van der Waals surface area contributed by atoms with Crippen molar-refractivity contribution in [1.82, 2.24) is 9.80 Å². The number of piperazine rings is 1. The maximum Gasteiger partial charge on any atom is 0.245 e. The monoisotopic (exact) mass is 300 g/mol. The zero-order valence-electron chi connectivity index (χ0n) is 13.6. The molecule has 0 aromatic heterocycles. The molecule has 2 aliphatic rings. The Morgan fingerprint density at radius 3 is 2.59 bits per heavy atom. The summed E-state index contributed by atoms with van der Waals surface area (Å²) in [5.74, 6) is 0.180. The molecule has 0 bridgehead atoms. The van der Waals surface area contributed by atoms with E-state index in [4.69, 9.17) is 0 Å². The summed E-state index contributed by atoms with van der Waals surface area (Å²) < 4.78 is 0. The van der Waals surface area contributed by atoms with Crippen LogP contribution in [0.5, 0.6) is 0 Å². The lowest BCUT2D eigenvalue weighted by Crippen LogP contribution is -2.60. The van der Waals surface area contributed by atoms with Gasteiger partial charge in [0, 0.05) is 19.1 Å². The molecule has 0 N–H and O–H groups in total. The van der Waals surface area contributed by atoms with Crippen molar-refractivity contribution in [1.29, 1.82) is 0 Å². The molecule has 2 atom stereocenters. The summed E-state index contributed by atoms with van der Waals surface area (Å²) in [7, 11) is 0. The van der Waals surface area contributed by atoms with Gasteiger partial charge in [-0.1, -0.05) is 29.3 Å². The van der Waals surface area contributed by atoms with Gasteiger partial charge < -0.3 is 9.80 Å². The van der Waals surface area contributed by atoms with E-state index in [2.05, 4.69) is 18.2 Å². The molecule has 0 unspecified atom stereocenters. The van der Waals surface area contributed by atoms with Gasteiger partial charge in [-0.2, -0.15) is 0 Å². The molecular formula is C18H24N2O2. The average Bonchev–Trinajstić information content (AvgIpc) is 2.90. The Morgan fingerprint density at radius 1 is 1.23 bits per heavy atom. The van der Waals surface area contributed by atoms with E-state index in [1.165, 1.54) is 11.1 Å². The molecule has 0 saturated carbocycles. The van der Waals surface area contributed by atoms with Crippen LogP contribution in [0.3, 0.4) is 0 Å². The average molecular weight is 300 g/mol. The Morgan fingerprint density at radius 2 is 1.91 bits per heavy atom. The molecule has 0 aliphatic carbocycles. The van der Waals surface area contributed by atoms with Crippen LogP contribution in [0.1, 0.15) is 36.5 Å². The van der Waals surface area contributed by atoms with Crippen LogP contribution < -0.4 is 0 Å². The van der Waals surface area contributed by atoms with Crippen molar-refractivity contribution in [2.24, 2.45) is 0 Å². The fourth-order valence-electron chi connectivity index (χ4n) is 3.84. The van der Waals surface area contributed by atoms with E-state index in [0.29, 0.717) is 13.0 Å². The number of rotatable bonds is 2. The number of hydrogen-bond donors (Lipinski definition) is 0. The van der Waals surface area contributed by atoms with Gasteiger partial charge in [0.2, 0.25) is 11.8 Å². The van der Waals surface area contributed by atoms with Crippen LogP contribution in [0.15, 0.2) is 18.2 Å². The lowest BCUT2D eigenvalue weighted by molar-refractivity contribution is -0.152. The highest BCUT2D eigenvalue weighted by atomic mass is 16.2. The quantitative estimate of drug-likeness (QED) is 0.839. The molecule has 4 nitrogen and oxygen atoms in total. The smallest absolute Gasteiger partial charge is 0.245 e. The highest BCUT2D eigenvalue weighted by Gasteiger charge is 2.41. The van der Waals surface area contributed by atoms with Crippen molar-refractivity contribution in [3.63, 3.8) is 0 Å². The van der Waals surface area contributed by atoms with Crippen molar-refractivity contribution in [3.05, 3.63) is 34.9 Å². The second kappa shape index (κ2) is 5.75. The van der Waals surface area contributed by atoms with Gasteiger partial charge in [0.25, 0.3) is 0 Å². The molecule has 2 amide bonds. The van der Waals surface area contributed by atoms with E-state index in [-0.39, 0.29) is 23.9 Å². The highest BCUT2D eigenvalue weighted by molar-refractivity contribution is 5.89. The highest BCUT2D eigenvalue weighted by Crippen LogP contribution is 2.26. The Hall–Kier alpha value is -1.84. The summed E-state index contributed by atoms with van der Waals surface area (Å²) in [5.41, 5.74) is 3.39. The second-order valence-corrected chi connectivity index (χ2v) is 6.72. The van der Waals surface area contributed by atoms with Gasteiger partial charge in [-0.25, -0.2) is 0 Å². The molecule has 0 spiro atoms. The molecular weight excluding hydrogens is 276 g/mol. The molecule has 2 heterocycles. The minimum Gasteiger partial charge on any atom is -0.336 e. The lowest BCUT2D eigenvalue weighted by Gasteiger charge is -2.41. The van der Waals surface area contributed by atoms with Gasteiger partial charge in [-0.3, -0.25) is 9.59 Å². The van der Waals surface area contributed by atoms with Crippen LogP contribution in [0.2, 0.25) is 0 Å². The van der Waals surface area contributed by atoms with Crippen LogP contribution in [-0.2, 0) is 16.0 Å². The van der Waals surface area contributed by atoms with Gasteiger partial charge in [0.15, 0.2) is 0 Å². The molecule has 118 valence electrons. The first-order chi connectivity index (χ1) is 10.5. The van der Waals surface area contributed by atoms with Gasteiger partial charge in [0.05, 0.1) is 6.42 Å². The minimum absolute atomic E-state index is 0.0670. The largest absolute Gasteiger partial charge is 0.336 e. The number of amides is 2. The number of carbonyl (C=O) groups is 2. The summed E-state index contributed by atoms with van der Waals surface area (Å²) >= 11 is 0. The summed E-state index contributed by atoms with van der Waals surface area (Å²) in [6.07, 6.45) is 2.46. The summed E-state index contributed by atoms with van der Waals surface area (Å²) in [4.78, 5) is 28.9. The molecule has 22 heavy (non-hydrogen) atoms. The third-order valence-corrected chi connectivity index (χ3v) is 4.85. The van der Waals surface area contributed by atoms with Crippen LogP contribution >= 0.6 is 0 Å². The first-order valence-electron chi connectivity index (χ1n) is 8.13. The maximum absolute atomic E-state index is 12.7. The number of hydrogen-bond acceptors (Lipinski definition) is 2. The third kappa shape index (κ3) is 2.74. The Balaban J connectivity index is 1.75. The Kier molecular flexibility index (Phi) is 3.94. The van der Waals surface area contributed by atoms with Crippen LogP contribution in [-0.4, -0.2) is 46.8 Å². The first kappa shape index (κ1) is 15.1. The standard InChI is InChI=1S/C18H24N2O2/c1-12-7-13(2)9-15(8-12)10-17(21)20-11-16-5-4-6-19(16)18(22)14(20)3/h7-9,14,16H,4-6,10-11H2,1-3H3/t14-,16+/m1/s1. The molecule has 2 aliphatic heterocycles. The second-order valence-electron chi connectivity index (χ2n) is 6.72. The summed E-state index contributed by atoms with van der Waals surface area (Å²) in [6, 6.07) is 6.13. The Bertz CT molecular complexity index is 591. The van der Waals surface area contributed by atoms with E-state index in [0.717, 1.165) is 24.9 Å². The van der Waals surface area contributed by atoms with Crippen LogP contribution in [0, 0.1) is 13.8 Å². The van der Waals surface area contributed by atoms with Crippen molar-refractivity contribution in [2.45, 2.75) is 52.1 Å². The molecule has 0 radical (unpaired) electrons. The molecule has 1 aromatic carbocycles. The number of nitrogens with zero attached hydrogens (tertiary/aromatic N) is 2. The molecule has 2 fully saturated rings. The lowest BCUT2D eigenvalue weighted by atomic mass is 10.0. The van der Waals surface area contributed by atoms with E-state index >= 15 is 0 Å². The van der Waals surface area contributed by atoms with Crippen LogP contribution in [0.25, 0.3) is 0 Å².